The number of anilines is 2. The lowest BCUT2D eigenvalue weighted by atomic mass is 10.1. The molecule has 4 aromatic rings. The van der Waals surface area contributed by atoms with Crippen molar-refractivity contribution in [3.63, 3.8) is 0 Å². The highest BCUT2D eigenvalue weighted by Gasteiger charge is 2.18. The minimum Gasteiger partial charge on any atom is -0.397 e. The van der Waals surface area contributed by atoms with Gasteiger partial charge in [0.15, 0.2) is 0 Å². The van der Waals surface area contributed by atoms with Crippen LogP contribution in [0.5, 0.6) is 0 Å². The van der Waals surface area contributed by atoms with Crippen LogP contribution in [0.15, 0.2) is 41.2 Å². The Morgan fingerprint density at radius 2 is 1.93 bits per heavy atom. The first-order valence-corrected chi connectivity index (χ1v) is 9.33. The van der Waals surface area contributed by atoms with Gasteiger partial charge in [0.1, 0.15) is 17.2 Å². The monoisotopic (exact) mass is 395 g/mol. The smallest absolute Gasteiger partial charge is 0.261 e. The maximum absolute atomic E-state index is 14.3. The Morgan fingerprint density at radius 1 is 1.07 bits per heavy atom. The molecule has 8 nitrogen and oxygen atoms in total. The van der Waals surface area contributed by atoms with Gasteiger partial charge in [0.05, 0.1) is 27.6 Å². The molecule has 150 valence electrons. The van der Waals surface area contributed by atoms with Crippen molar-refractivity contribution in [1.82, 2.24) is 20.3 Å². The molecule has 0 fully saturated rings. The van der Waals surface area contributed by atoms with E-state index in [1.54, 1.807) is 6.07 Å². The van der Waals surface area contributed by atoms with Gasteiger partial charge in [0, 0.05) is 31.9 Å². The summed E-state index contributed by atoms with van der Waals surface area (Å²) in [7, 11) is 0. The first-order valence-electron chi connectivity index (χ1n) is 9.33. The number of hydrogen-bond acceptors (Lipinski definition) is 6. The van der Waals surface area contributed by atoms with Crippen LogP contribution in [0.4, 0.5) is 15.8 Å². The zero-order valence-corrected chi connectivity index (χ0v) is 15.7. The van der Waals surface area contributed by atoms with Gasteiger partial charge < -0.3 is 32.1 Å². The van der Waals surface area contributed by atoms with Crippen LogP contribution < -0.4 is 27.7 Å². The maximum atomic E-state index is 14.3. The number of imidazole rings is 1. The zero-order valence-electron chi connectivity index (χ0n) is 15.7. The fourth-order valence-corrected chi connectivity index (χ4v) is 3.33. The molecule has 0 saturated carbocycles. The van der Waals surface area contributed by atoms with Crippen LogP contribution in [-0.4, -0.2) is 41.1 Å². The number of nitrogen functional groups attached to an aromatic ring is 1. The Bertz CT molecular complexity index is 1230. The lowest BCUT2D eigenvalue weighted by Crippen LogP contribution is -2.27. The van der Waals surface area contributed by atoms with Crippen molar-refractivity contribution in [3.8, 4) is 11.4 Å². The number of aromatic nitrogens is 3. The summed E-state index contributed by atoms with van der Waals surface area (Å²) in [4.78, 5) is 22.9. The second-order valence-electron chi connectivity index (χ2n) is 6.69. The summed E-state index contributed by atoms with van der Waals surface area (Å²) >= 11 is 0. The third-order valence-electron chi connectivity index (χ3n) is 4.70. The molecule has 9 heteroatoms. The zero-order chi connectivity index (χ0) is 20.4. The van der Waals surface area contributed by atoms with Gasteiger partial charge in [0.25, 0.3) is 5.56 Å². The lowest BCUT2D eigenvalue weighted by Gasteiger charge is -2.07. The van der Waals surface area contributed by atoms with Crippen molar-refractivity contribution in [1.29, 1.82) is 0 Å². The first kappa shape index (κ1) is 18.9. The number of benzene rings is 2. The predicted molar refractivity (Wildman–Crippen MR) is 114 cm³/mol. The normalized spacial score (nSPS) is 11.4. The minimum atomic E-state index is -0.497. The molecule has 0 unspecified atom stereocenters. The molecule has 29 heavy (non-hydrogen) atoms. The van der Waals surface area contributed by atoms with Crippen LogP contribution in [0.1, 0.15) is 0 Å². The number of fused-ring (bicyclic) bond motifs is 2. The highest BCUT2D eigenvalue weighted by molar-refractivity contribution is 5.98. The molecule has 0 radical (unpaired) electrons. The first-order chi connectivity index (χ1) is 14.1. The van der Waals surface area contributed by atoms with E-state index in [9.17, 15) is 9.18 Å². The fraction of sp³-hybridized carbons (Fsp3) is 0.200. The van der Waals surface area contributed by atoms with E-state index in [2.05, 4.69) is 25.6 Å². The summed E-state index contributed by atoms with van der Waals surface area (Å²) in [5.74, 6) is -0.200. The SMILES string of the molecule is NCCNCCNc1ccc2[nH]c(-c3c(N)c4c(F)cccc4[nH]c3=O)nc2c1. The molecule has 0 aliphatic rings. The molecule has 0 bridgehead atoms. The Hall–Kier alpha value is -3.43. The predicted octanol–water partition coefficient (Wildman–Crippen LogP) is 1.75. The van der Waals surface area contributed by atoms with Crippen molar-refractivity contribution in [2.75, 3.05) is 37.2 Å². The number of H-pyrrole nitrogens is 2. The molecular weight excluding hydrogens is 373 g/mol. The van der Waals surface area contributed by atoms with Crippen molar-refractivity contribution in [3.05, 3.63) is 52.6 Å². The highest BCUT2D eigenvalue weighted by atomic mass is 19.1. The quantitative estimate of drug-likeness (QED) is 0.264. The summed E-state index contributed by atoms with van der Waals surface area (Å²) in [6.07, 6.45) is 0. The molecular formula is C20H22FN7O. The average molecular weight is 395 g/mol. The molecule has 0 aliphatic carbocycles. The second kappa shape index (κ2) is 7.90. The van der Waals surface area contributed by atoms with E-state index in [0.717, 1.165) is 30.8 Å². The van der Waals surface area contributed by atoms with E-state index in [-0.39, 0.29) is 16.6 Å². The number of nitrogens with zero attached hydrogens (tertiary/aromatic N) is 1. The number of rotatable bonds is 7. The molecule has 2 aromatic carbocycles. The standard InChI is InChI=1S/C20H22FN7O/c21-12-2-1-3-14-16(12)18(23)17(20(29)28-14)19-26-13-5-4-11(10-15(13)27-19)25-9-8-24-7-6-22/h1-5,10,24-25H,6-9,22H2,(H,26,27)(H3,23,28,29). The van der Waals surface area contributed by atoms with Gasteiger partial charge >= 0.3 is 0 Å². The van der Waals surface area contributed by atoms with Crippen LogP contribution in [-0.2, 0) is 0 Å². The summed E-state index contributed by atoms with van der Waals surface area (Å²) in [5.41, 5.74) is 14.0. The summed E-state index contributed by atoms with van der Waals surface area (Å²) < 4.78 is 14.3. The molecule has 2 heterocycles. The van der Waals surface area contributed by atoms with Crippen LogP contribution in [0.25, 0.3) is 33.3 Å². The summed E-state index contributed by atoms with van der Waals surface area (Å²) in [5, 5.41) is 6.68. The van der Waals surface area contributed by atoms with E-state index < -0.39 is 11.4 Å². The summed E-state index contributed by atoms with van der Waals surface area (Å²) in [6, 6.07) is 10.1. The van der Waals surface area contributed by atoms with Crippen LogP contribution >= 0.6 is 0 Å². The molecule has 0 atom stereocenters. The topological polar surface area (TPSA) is 138 Å². The van der Waals surface area contributed by atoms with Gasteiger partial charge in [-0.2, -0.15) is 0 Å². The van der Waals surface area contributed by atoms with E-state index in [1.807, 2.05) is 18.2 Å². The van der Waals surface area contributed by atoms with Crippen LogP contribution in [0, 0.1) is 5.82 Å². The van der Waals surface area contributed by atoms with E-state index in [4.69, 9.17) is 11.5 Å². The fourth-order valence-electron chi connectivity index (χ4n) is 3.33. The third-order valence-corrected chi connectivity index (χ3v) is 4.70. The molecule has 4 rings (SSSR count). The number of nitrogens with one attached hydrogen (secondary N) is 4. The molecule has 8 N–H and O–H groups in total. The van der Waals surface area contributed by atoms with Crippen molar-refractivity contribution in [2.45, 2.75) is 0 Å². The molecule has 0 aliphatic heterocycles. The van der Waals surface area contributed by atoms with Gasteiger partial charge in [0.2, 0.25) is 0 Å². The number of hydrogen-bond donors (Lipinski definition) is 6. The minimum absolute atomic E-state index is 0.0604. The largest absolute Gasteiger partial charge is 0.397 e. The number of nitrogens with two attached hydrogens (primary N) is 2. The lowest BCUT2D eigenvalue weighted by molar-refractivity contribution is 0.640. The second-order valence-corrected chi connectivity index (χ2v) is 6.69. The van der Waals surface area contributed by atoms with E-state index in [0.29, 0.717) is 23.4 Å². The molecule has 2 aromatic heterocycles. The molecule has 0 amide bonds. The Morgan fingerprint density at radius 3 is 2.76 bits per heavy atom. The van der Waals surface area contributed by atoms with Gasteiger partial charge in [-0.05, 0) is 30.3 Å². The highest BCUT2D eigenvalue weighted by Crippen LogP contribution is 2.30. The van der Waals surface area contributed by atoms with Crippen LogP contribution in [0.2, 0.25) is 0 Å². The van der Waals surface area contributed by atoms with E-state index >= 15 is 0 Å². The van der Waals surface area contributed by atoms with Crippen molar-refractivity contribution in [2.24, 2.45) is 5.73 Å². The number of aromatic amines is 2. The Balaban J connectivity index is 1.68. The Labute approximate surface area is 165 Å². The van der Waals surface area contributed by atoms with Crippen molar-refractivity contribution < 1.29 is 4.39 Å². The molecule has 0 spiro atoms. The number of halogens is 1. The van der Waals surface area contributed by atoms with Gasteiger partial charge in [-0.15, -0.1) is 0 Å². The van der Waals surface area contributed by atoms with E-state index in [1.165, 1.54) is 12.1 Å². The van der Waals surface area contributed by atoms with Crippen LogP contribution in [0.3, 0.4) is 0 Å². The van der Waals surface area contributed by atoms with Gasteiger partial charge in [-0.1, -0.05) is 6.07 Å². The van der Waals surface area contributed by atoms with Crippen molar-refractivity contribution >= 4 is 33.3 Å². The summed E-state index contributed by atoms with van der Waals surface area (Å²) in [6.45, 7) is 2.89. The number of pyridine rings is 1. The molecule has 0 saturated heterocycles. The Kier molecular flexibility index (Phi) is 5.15. The third kappa shape index (κ3) is 3.65. The van der Waals surface area contributed by atoms with Gasteiger partial charge in [-0.3, -0.25) is 4.79 Å². The average Bonchev–Trinajstić information content (AvgIpc) is 3.10. The maximum Gasteiger partial charge on any atom is 0.261 e. The van der Waals surface area contributed by atoms with Gasteiger partial charge in [-0.25, -0.2) is 9.37 Å².